The molecular weight excluding hydrogens is 226 g/mol. The van der Waals surface area contributed by atoms with Gasteiger partial charge in [-0.15, -0.1) is 0 Å². The van der Waals surface area contributed by atoms with Gasteiger partial charge in [0.05, 0.1) is 7.11 Å². The van der Waals surface area contributed by atoms with Gasteiger partial charge in [-0.2, -0.15) is 0 Å². The van der Waals surface area contributed by atoms with E-state index in [-0.39, 0.29) is 5.91 Å². The summed E-state index contributed by atoms with van der Waals surface area (Å²) in [6.45, 7) is 1.80. The molecular formula is C10H11N3O2S. The Balaban J connectivity index is 2.32. The summed E-state index contributed by atoms with van der Waals surface area (Å²) in [7, 11) is 1.56. The minimum absolute atomic E-state index is 0.0500. The van der Waals surface area contributed by atoms with Gasteiger partial charge in [-0.3, -0.25) is 4.79 Å². The molecule has 2 rings (SSSR count). The van der Waals surface area contributed by atoms with Gasteiger partial charge in [0, 0.05) is 12.5 Å². The smallest absolute Gasteiger partial charge is 0.225 e. The fraction of sp³-hybridized carbons (Fsp3) is 0.300. The molecule has 2 heterocycles. The molecule has 2 aromatic heterocycles. The number of fused-ring (bicyclic) bond motifs is 1. The number of ether oxygens (including phenoxy) is 1. The van der Waals surface area contributed by atoms with E-state index < -0.39 is 0 Å². The molecule has 0 aliphatic rings. The van der Waals surface area contributed by atoms with Gasteiger partial charge in [-0.1, -0.05) is 18.3 Å². The molecule has 0 unspecified atom stereocenters. The lowest BCUT2D eigenvalue weighted by atomic mass is 10.4. The van der Waals surface area contributed by atoms with Crippen molar-refractivity contribution in [1.82, 2.24) is 9.97 Å². The lowest BCUT2D eigenvalue weighted by Crippen LogP contribution is -2.08. The molecule has 0 saturated carbocycles. The molecule has 0 fully saturated rings. The van der Waals surface area contributed by atoms with E-state index >= 15 is 0 Å². The SMILES string of the molecule is CCC(=O)Nc1nc2ccc(OC)nc2s1. The number of aromatic nitrogens is 2. The molecule has 0 radical (unpaired) electrons. The summed E-state index contributed by atoms with van der Waals surface area (Å²) < 4.78 is 5.01. The maximum absolute atomic E-state index is 11.2. The van der Waals surface area contributed by atoms with Gasteiger partial charge in [0.1, 0.15) is 10.3 Å². The Morgan fingerprint density at radius 1 is 1.50 bits per heavy atom. The molecule has 0 bridgehead atoms. The maximum atomic E-state index is 11.2. The fourth-order valence-electron chi connectivity index (χ4n) is 1.17. The molecule has 0 aliphatic carbocycles. The summed E-state index contributed by atoms with van der Waals surface area (Å²) in [5.41, 5.74) is 0.761. The number of carbonyl (C=O) groups is 1. The number of nitrogens with one attached hydrogen (secondary N) is 1. The first kappa shape index (κ1) is 10.8. The quantitative estimate of drug-likeness (QED) is 0.887. The number of amides is 1. The minimum atomic E-state index is -0.0500. The Hall–Kier alpha value is -1.69. The highest BCUT2D eigenvalue weighted by Crippen LogP contribution is 2.26. The molecule has 84 valence electrons. The second kappa shape index (κ2) is 4.44. The number of rotatable bonds is 3. The van der Waals surface area contributed by atoms with Crippen LogP contribution in [0.5, 0.6) is 5.88 Å². The van der Waals surface area contributed by atoms with E-state index in [0.29, 0.717) is 17.4 Å². The van der Waals surface area contributed by atoms with Gasteiger partial charge in [-0.05, 0) is 6.07 Å². The van der Waals surface area contributed by atoms with E-state index in [9.17, 15) is 4.79 Å². The Morgan fingerprint density at radius 2 is 2.31 bits per heavy atom. The fourth-order valence-corrected chi connectivity index (χ4v) is 2.02. The summed E-state index contributed by atoms with van der Waals surface area (Å²) in [6.07, 6.45) is 0.437. The van der Waals surface area contributed by atoms with Crippen molar-refractivity contribution in [3.63, 3.8) is 0 Å². The number of carbonyl (C=O) groups excluding carboxylic acids is 1. The van der Waals surface area contributed by atoms with Gasteiger partial charge >= 0.3 is 0 Å². The number of anilines is 1. The van der Waals surface area contributed by atoms with Crippen LogP contribution in [0.1, 0.15) is 13.3 Å². The van der Waals surface area contributed by atoms with Crippen LogP contribution >= 0.6 is 11.3 Å². The third-order valence-electron chi connectivity index (χ3n) is 2.01. The first-order valence-corrected chi connectivity index (χ1v) is 5.66. The van der Waals surface area contributed by atoms with Crippen molar-refractivity contribution < 1.29 is 9.53 Å². The van der Waals surface area contributed by atoms with Crippen molar-refractivity contribution in [2.75, 3.05) is 12.4 Å². The Kier molecular flexibility index (Phi) is 3.00. The van der Waals surface area contributed by atoms with Crippen molar-refractivity contribution in [1.29, 1.82) is 0 Å². The van der Waals surface area contributed by atoms with Gasteiger partial charge in [0.15, 0.2) is 5.13 Å². The largest absolute Gasteiger partial charge is 0.481 e. The van der Waals surface area contributed by atoms with E-state index in [1.165, 1.54) is 11.3 Å². The van der Waals surface area contributed by atoms with Crippen LogP contribution in [0.4, 0.5) is 5.13 Å². The summed E-state index contributed by atoms with van der Waals surface area (Å²) in [5.74, 6) is 0.496. The third kappa shape index (κ3) is 2.11. The normalized spacial score (nSPS) is 10.4. The molecule has 0 aliphatic heterocycles. The lowest BCUT2D eigenvalue weighted by molar-refractivity contribution is -0.115. The van der Waals surface area contributed by atoms with Crippen LogP contribution in [0.15, 0.2) is 12.1 Å². The summed E-state index contributed by atoms with van der Waals surface area (Å²) in [6, 6.07) is 3.56. The van der Waals surface area contributed by atoms with E-state index in [4.69, 9.17) is 4.74 Å². The van der Waals surface area contributed by atoms with Crippen LogP contribution in [0, 0.1) is 0 Å². The van der Waals surface area contributed by atoms with E-state index in [1.54, 1.807) is 20.1 Å². The van der Waals surface area contributed by atoms with Crippen molar-refractivity contribution >= 4 is 32.7 Å². The lowest BCUT2D eigenvalue weighted by Gasteiger charge is -1.95. The molecule has 2 aromatic rings. The number of pyridine rings is 1. The standard InChI is InChI=1S/C10H11N3O2S/c1-3-7(14)12-10-11-6-4-5-8(15-2)13-9(6)16-10/h4-5H,3H2,1-2H3,(H,11,12,14). The zero-order valence-electron chi connectivity index (χ0n) is 8.98. The molecule has 0 saturated heterocycles. The molecule has 1 N–H and O–H groups in total. The third-order valence-corrected chi connectivity index (χ3v) is 2.89. The highest BCUT2D eigenvalue weighted by molar-refractivity contribution is 7.21. The summed E-state index contributed by atoms with van der Waals surface area (Å²) >= 11 is 1.34. The highest BCUT2D eigenvalue weighted by Gasteiger charge is 2.08. The van der Waals surface area contributed by atoms with Gasteiger partial charge in [0.25, 0.3) is 0 Å². The van der Waals surface area contributed by atoms with Crippen LogP contribution < -0.4 is 10.1 Å². The first-order chi connectivity index (χ1) is 7.72. The minimum Gasteiger partial charge on any atom is -0.481 e. The maximum Gasteiger partial charge on any atom is 0.225 e. The average Bonchev–Trinajstić information content (AvgIpc) is 2.69. The topological polar surface area (TPSA) is 64.1 Å². The number of thiazole rings is 1. The first-order valence-electron chi connectivity index (χ1n) is 4.84. The Morgan fingerprint density at radius 3 is 3.00 bits per heavy atom. The molecule has 5 nitrogen and oxygen atoms in total. The Bertz CT molecular complexity index is 524. The van der Waals surface area contributed by atoms with Crippen molar-refractivity contribution in [2.24, 2.45) is 0 Å². The second-order valence-corrected chi connectivity index (χ2v) is 4.08. The van der Waals surface area contributed by atoms with E-state index in [2.05, 4.69) is 15.3 Å². The average molecular weight is 237 g/mol. The van der Waals surface area contributed by atoms with Crippen LogP contribution in [0.25, 0.3) is 10.3 Å². The van der Waals surface area contributed by atoms with E-state index in [0.717, 1.165) is 10.3 Å². The summed E-state index contributed by atoms with van der Waals surface area (Å²) in [4.78, 5) is 20.4. The zero-order valence-corrected chi connectivity index (χ0v) is 9.80. The number of nitrogens with zero attached hydrogens (tertiary/aromatic N) is 2. The van der Waals surface area contributed by atoms with Crippen LogP contribution in [-0.4, -0.2) is 23.0 Å². The molecule has 0 aromatic carbocycles. The van der Waals surface area contributed by atoms with Gasteiger partial charge in [-0.25, -0.2) is 9.97 Å². The van der Waals surface area contributed by atoms with Crippen molar-refractivity contribution in [2.45, 2.75) is 13.3 Å². The predicted octanol–water partition coefficient (Wildman–Crippen LogP) is 2.05. The van der Waals surface area contributed by atoms with Gasteiger partial charge in [0.2, 0.25) is 11.8 Å². The predicted molar refractivity (Wildman–Crippen MR) is 62.9 cm³/mol. The highest BCUT2D eigenvalue weighted by atomic mass is 32.1. The molecule has 1 amide bonds. The Labute approximate surface area is 96.5 Å². The molecule has 0 spiro atoms. The van der Waals surface area contributed by atoms with Crippen molar-refractivity contribution in [3.8, 4) is 5.88 Å². The van der Waals surface area contributed by atoms with Crippen LogP contribution in [0.3, 0.4) is 0 Å². The number of hydrogen-bond acceptors (Lipinski definition) is 5. The van der Waals surface area contributed by atoms with E-state index in [1.807, 2.05) is 6.07 Å². The molecule has 0 atom stereocenters. The molecule has 16 heavy (non-hydrogen) atoms. The van der Waals surface area contributed by atoms with Crippen molar-refractivity contribution in [3.05, 3.63) is 12.1 Å². The zero-order chi connectivity index (χ0) is 11.5. The molecule has 6 heteroatoms. The summed E-state index contributed by atoms with van der Waals surface area (Å²) in [5, 5.41) is 3.28. The van der Waals surface area contributed by atoms with Crippen LogP contribution in [-0.2, 0) is 4.79 Å². The van der Waals surface area contributed by atoms with Crippen LogP contribution in [0.2, 0.25) is 0 Å². The van der Waals surface area contributed by atoms with Gasteiger partial charge < -0.3 is 10.1 Å². The number of hydrogen-bond donors (Lipinski definition) is 1. The monoisotopic (exact) mass is 237 g/mol. The second-order valence-electron chi connectivity index (χ2n) is 3.10. The number of methoxy groups -OCH3 is 1.